The molecule has 18 heavy (non-hydrogen) atoms. The molecule has 0 aromatic heterocycles. The predicted molar refractivity (Wildman–Crippen MR) is 72.7 cm³/mol. The highest BCUT2D eigenvalue weighted by Gasteiger charge is 2.08. The monoisotopic (exact) mass is 272 g/mol. The molecule has 0 aliphatic heterocycles. The van der Waals surface area contributed by atoms with Crippen molar-refractivity contribution in [2.24, 2.45) is 0 Å². The second kappa shape index (κ2) is 7.35. The minimum absolute atomic E-state index is 0.133. The SMILES string of the molecule is CCCNS(=O)(=O)Nc1cccc(CCCO)c1. The van der Waals surface area contributed by atoms with Gasteiger partial charge in [0.25, 0.3) is 10.2 Å². The fourth-order valence-corrected chi connectivity index (χ4v) is 2.48. The molecule has 6 heteroatoms. The second-order valence-corrected chi connectivity index (χ2v) is 5.53. The van der Waals surface area contributed by atoms with E-state index in [2.05, 4.69) is 9.44 Å². The van der Waals surface area contributed by atoms with Crippen molar-refractivity contribution in [3.63, 3.8) is 0 Å². The van der Waals surface area contributed by atoms with Gasteiger partial charge in [-0.3, -0.25) is 4.72 Å². The van der Waals surface area contributed by atoms with E-state index in [-0.39, 0.29) is 6.61 Å². The lowest BCUT2D eigenvalue weighted by molar-refractivity contribution is 0.288. The van der Waals surface area contributed by atoms with Gasteiger partial charge in [0.1, 0.15) is 0 Å². The van der Waals surface area contributed by atoms with E-state index < -0.39 is 10.2 Å². The minimum atomic E-state index is -3.48. The molecule has 0 unspecified atom stereocenters. The van der Waals surface area contributed by atoms with Gasteiger partial charge in [0.05, 0.1) is 5.69 Å². The summed E-state index contributed by atoms with van der Waals surface area (Å²) in [5.41, 5.74) is 1.54. The normalized spacial score (nSPS) is 11.4. The highest BCUT2D eigenvalue weighted by atomic mass is 32.2. The van der Waals surface area contributed by atoms with E-state index in [1.807, 2.05) is 13.0 Å². The topological polar surface area (TPSA) is 78.4 Å². The molecule has 0 saturated heterocycles. The molecule has 1 aromatic rings. The molecule has 5 nitrogen and oxygen atoms in total. The number of hydrogen-bond donors (Lipinski definition) is 3. The van der Waals surface area contributed by atoms with Crippen LogP contribution in [0.3, 0.4) is 0 Å². The molecule has 0 aliphatic rings. The third kappa shape index (κ3) is 5.48. The quantitative estimate of drug-likeness (QED) is 0.667. The minimum Gasteiger partial charge on any atom is -0.396 e. The average Bonchev–Trinajstić information content (AvgIpc) is 2.34. The number of benzene rings is 1. The molecule has 0 spiro atoms. The standard InChI is InChI=1S/C12H20N2O3S/c1-2-8-13-18(16,17)14-12-7-3-5-11(10-12)6-4-9-15/h3,5,7,10,13-15H,2,4,6,8-9H2,1H3. The molecule has 1 aromatic carbocycles. The van der Waals surface area contributed by atoms with Gasteiger partial charge in [-0.2, -0.15) is 13.1 Å². The maximum Gasteiger partial charge on any atom is 0.299 e. The molecule has 0 amide bonds. The Morgan fingerprint density at radius 2 is 2.11 bits per heavy atom. The molecule has 0 bridgehead atoms. The van der Waals surface area contributed by atoms with Crippen LogP contribution in [0.4, 0.5) is 5.69 Å². The van der Waals surface area contributed by atoms with E-state index in [0.29, 0.717) is 18.7 Å². The van der Waals surface area contributed by atoms with Crippen LogP contribution in [0.1, 0.15) is 25.3 Å². The Hall–Kier alpha value is -1.11. The van der Waals surface area contributed by atoms with Crippen LogP contribution in [-0.2, 0) is 16.6 Å². The van der Waals surface area contributed by atoms with Crippen molar-refractivity contribution in [3.8, 4) is 0 Å². The Morgan fingerprint density at radius 3 is 2.78 bits per heavy atom. The van der Waals surface area contributed by atoms with Gasteiger partial charge < -0.3 is 5.11 Å². The van der Waals surface area contributed by atoms with Crippen molar-refractivity contribution in [2.75, 3.05) is 17.9 Å². The van der Waals surface area contributed by atoms with E-state index in [9.17, 15) is 8.42 Å². The largest absolute Gasteiger partial charge is 0.396 e. The number of aliphatic hydroxyl groups excluding tert-OH is 1. The van der Waals surface area contributed by atoms with Gasteiger partial charge in [0.2, 0.25) is 0 Å². The maximum atomic E-state index is 11.6. The Morgan fingerprint density at radius 1 is 1.33 bits per heavy atom. The zero-order chi connectivity index (χ0) is 13.4. The van der Waals surface area contributed by atoms with Crippen LogP contribution in [0.2, 0.25) is 0 Å². The Bertz CT molecular complexity index is 460. The Labute approximate surface area is 108 Å². The van der Waals surface area contributed by atoms with Crippen molar-refractivity contribution < 1.29 is 13.5 Å². The Kier molecular flexibility index (Phi) is 6.11. The molecule has 3 N–H and O–H groups in total. The molecule has 1 rings (SSSR count). The average molecular weight is 272 g/mol. The van der Waals surface area contributed by atoms with E-state index in [1.54, 1.807) is 18.2 Å². The maximum absolute atomic E-state index is 11.6. The summed E-state index contributed by atoms with van der Waals surface area (Å²) >= 11 is 0. The van der Waals surface area contributed by atoms with Gasteiger partial charge in [0.15, 0.2) is 0 Å². The third-order valence-corrected chi connectivity index (χ3v) is 3.43. The third-order valence-electron chi connectivity index (χ3n) is 2.34. The lowest BCUT2D eigenvalue weighted by Gasteiger charge is -2.09. The van der Waals surface area contributed by atoms with E-state index >= 15 is 0 Å². The lowest BCUT2D eigenvalue weighted by atomic mass is 10.1. The smallest absolute Gasteiger partial charge is 0.299 e. The van der Waals surface area contributed by atoms with Crippen molar-refractivity contribution in [2.45, 2.75) is 26.2 Å². The van der Waals surface area contributed by atoms with E-state index in [0.717, 1.165) is 18.4 Å². The summed E-state index contributed by atoms with van der Waals surface area (Å²) in [5, 5.41) is 8.76. The number of anilines is 1. The zero-order valence-electron chi connectivity index (χ0n) is 10.5. The van der Waals surface area contributed by atoms with Gasteiger partial charge in [-0.1, -0.05) is 19.1 Å². The number of hydrogen-bond acceptors (Lipinski definition) is 3. The fourth-order valence-electron chi connectivity index (χ4n) is 1.50. The van der Waals surface area contributed by atoms with Gasteiger partial charge >= 0.3 is 0 Å². The molecule has 0 atom stereocenters. The van der Waals surface area contributed by atoms with Crippen LogP contribution in [-0.4, -0.2) is 26.7 Å². The molecular weight excluding hydrogens is 252 g/mol. The summed E-state index contributed by atoms with van der Waals surface area (Å²) in [4.78, 5) is 0. The highest BCUT2D eigenvalue weighted by molar-refractivity contribution is 7.90. The van der Waals surface area contributed by atoms with Gasteiger partial charge in [0, 0.05) is 13.2 Å². The molecule has 0 saturated carbocycles. The number of aryl methyl sites for hydroxylation is 1. The highest BCUT2D eigenvalue weighted by Crippen LogP contribution is 2.13. The van der Waals surface area contributed by atoms with Crippen LogP contribution in [0.5, 0.6) is 0 Å². The van der Waals surface area contributed by atoms with Crippen LogP contribution >= 0.6 is 0 Å². The van der Waals surface area contributed by atoms with Crippen LogP contribution in [0.25, 0.3) is 0 Å². The first-order valence-electron chi connectivity index (χ1n) is 6.04. The molecule has 0 heterocycles. The van der Waals surface area contributed by atoms with Crippen LogP contribution in [0.15, 0.2) is 24.3 Å². The Balaban J connectivity index is 2.66. The first-order chi connectivity index (χ1) is 8.57. The van der Waals surface area contributed by atoms with Crippen molar-refractivity contribution in [3.05, 3.63) is 29.8 Å². The molecule has 102 valence electrons. The summed E-state index contributed by atoms with van der Waals surface area (Å²) in [6.07, 6.45) is 2.15. The second-order valence-electron chi connectivity index (χ2n) is 4.03. The van der Waals surface area contributed by atoms with Crippen molar-refractivity contribution in [1.82, 2.24) is 4.72 Å². The summed E-state index contributed by atoms with van der Waals surface area (Å²) in [6, 6.07) is 7.19. The fraction of sp³-hybridized carbons (Fsp3) is 0.500. The van der Waals surface area contributed by atoms with Gasteiger partial charge in [-0.25, -0.2) is 0 Å². The summed E-state index contributed by atoms with van der Waals surface area (Å²) in [6.45, 7) is 2.45. The van der Waals surface area contributed by atoms with Crippen molar-refractivity contribution in [1.29, 1.82) is 0 Å². The summed E-state index contributed by atoms with van der Waals surface area (Å²) in [7, 11) is -3.48. The molecular formula is C12H20N2O3S. The van der Waals surface area contributed by atoms with Gasteiger partial charge in [-0.05, 0) is 37.0 Å². The first-order valence-corrected chi connectivity index (χ1v) is 7.53. The number of nitrogens with one attached hydrogen (secondary N) is 2. The van der Waals surface area contributed by atoms with E-state index in [1.165, 1.54) is 0 Å². The lowest BCUT2D eigenvalue weighted by Crippen LogP contribution is -2.30. The van der Waals surface area contributed by atoms with Crippen molar-refractivity contribution >= 4 is 15.9 Å². The van der Waals surface area contributed by atoms with E-state index in [4.69, 9.17) is 5.11 Å². The van der Waals surface area contributed by atoms with Crippen LogP contribution in [0, 0.1) is 0 Å². The summed E-state index contributed by atoms with van der Waals surface area (Å²) < 4.78 is 28.2. The van der Waals surface area contributed by atoms with Gasteiger partial charge in [-0.15, -0.1) is 0 Å². The number of rotatable bonds is 8. The van der Waals surface area contributed by atoms with Crippen LogP contribution < -0.4 is 9.44 Å². The predicted octanol–water partition coefficient (Wildman–Crippen LogP) is 1.27. The number of aliphatic hydroxyl groups is 1. The molecule has 0 aliphatic carbocycles. The summed E-state index contributed by atoms with van der Waals surface area (Å²) in [5.74, 6) is 0. The first kappa shape index (κ1) is 14.9. The molecule has 0 fully saturated rings. The molecule has 0 radical (unpaired) electrons. The zero-order valence-corrected chi connectivity index (χ0v) is 11.3.